The minimum absolute atomic E-state index is 0.0896. The van der Waals surface area contributed by atoms with Crippen molar-refractivity contribution in [1.29, 1.82) is 0 Å². The molecule has 1 aromatic carbocycles. The normalized spacial score (nSPS) is 30.6. The number of carbonyl (C=O) groups excluding carboxylic acids is 1. The molecule has 0 radical (unpaired) electrons. The van der Waals surface area contributed by atoms with Crippen LogP contribution in [0.5, 0.6) is 0 Å². The van der Waals surface area contributed by atoms with E-state index in [9.17, 15) is 18.7 Å². The third-order valence-electron chi connectivity index (χ3n) is 4.31. The Balaban J connectivity index is 1.81. The predicted molar refractivity (Wildman–Crippen MR) is 75.0 cm³/mol. The fraction of sp³-hybridized carbons (Fsp3) is 0.562. The molecule has 0 bridgehead atoms. The van der Waals surface area contributed by atoms with E-state index >= 15 is 0 Å². The van der Waals surface area contributed by atoms with Crippen LogP contribution in [-0.2, 0) is 9.53 Å². The predicted octanol–water partition coefficient (Wildman–Crippen LogP) is 2.02. The topological polar surface area (TPSA) is 49.8 Å². The number of hydrogen-bond acceptors (Lipinski definition) is 3. The Hall–Kier alpha value is -1.53. The zero-order valence-corrected chi connectivity index (χ0v) is 12.3. The highest BCUT2D eigenvalue weighted by atomic mass is 19.1. The number of hydrogen-bond donors (Lipinski definition) is 1. The van der Waals surface area contributed by atoms with Crippen LogP contribution in [0.4, 0.5) is 8.78 Å². The second-order valence-corrected chi connectivity index (χ2v) is 5.90. The van der Waals surface area contributed by atoms with E-state index in [0.717, 1.165) is 18.2 Å². The standard InChI is InChI=1S/C16H19F2NO3/c1-2-22-15-7-12(15)16(21)19-8-10(20)6-14(19)11-5-9(17)3-4-13(11)18/h3-5,10,12,14-15,20H,2,6-8H2,1H3. The highest BCUT2D eigenvalue weighted by Gasteiger charge is 2.49. The zero-order valence-electron chi connectivity index (χ0n) is 12.3. The summed E-state index contributed by atoms with van der Waals surface area (Å²) in [5.41, 5.74) is 0.124. The van der Waals surface area contributed by atoms with Gasteiger partial charge in [-0.3, -0.25) is 4.79 Å². The van der Waals surface area contributed by atoms with Gasteiger partial charge in [-0.2, -0.15) is 0 Å². The van der Waals surface area contributed by atoms with Gasteiger partial charge in [0.2, 0.25) is 5.91 Å². The monoisotopic (exact) mass is 311 g/mol. The molecule has 3 rings (SSSR count). The third-order valence-corrected chi connectivity index (χ3v) is 4.31. The van der Waals surface area contributed by atoms with Crippen LogP contribution < -0.4 is 0 Å². The lowest BCUT2D eigenvalue weighted by molar-refractivity contribution is -0.134. The molecular weight excluding hydrogens is 292 g/mol. The molecule has 1 aliphatic carbocycles. The van der Waals surface area contributed by atoms with Crippen molar-refractivity contribution in [2.45, 2.75) is 38.0 Å². The second kappa shape index (κ2) is 5.93. The molecule has 1 N–H and O–H groups in total. The SMILES string of the molecule is CCOC1CC1C(=O)N1CC(O)CC1c1cc(F)ccc1F. The summed E-state index contributed by atoms with van der Waals surface area (Å²) >= 11 is 0. The number of halogens is 2. The fourth-order valence-corrected chi connectivity index (χ4v) is 3.16. The Labute approximate surface area is 127 Å². The molecule has 4 atom stereocenters. The Morgan fingerprint density at radius 2 is 2.18 bits per heavy atom. The van der Waals surface area contributed by atoms with E-state index in [2.05, 4.69) is 0 Å². The summed E-state index contributed by atoms with van der Waals surface area (Å²) in [6, 6.07) is 2.58. The first-order chi connectivity index (χ1) is 10.5. The van der Waals surface area contributed by atoms with E-state index in [4.69, 9.17) is 4.74 Å². The van der Waals surface area contributed by atoms with E-state index in [1.165, 1.54) is 4.90 Å². The van der Waals surface area contributed by atoms with Gasteiger partial charge < -0.3 is 14.7 Å². The molecule has 6 heteroatoms. The van der Waals surface area contributed by atoms with Crippen molar-refractivity contribution >= 4 is 5.91 Å². The van der Waals surface area contributed by atoms with Gasteiger partial charge >= 0.3 is 0 Å². The number of aliphatic hydroxyl groups is 1. The molecule has 0 aromatic heterocycles. The van der Waals surface area contributed by atoms with Gasteiger partial charge in [0.15, 0.2) is 0 Å². The van der Waals surface area contributed by atoms with E-state index < -0.39 is 23.8 Å². The molecule has 0 spiro atoms. The van der Waals surface area contributed by atoms with Crippen LogP contribution in [0.3, 0.4) is 0 Å². The maximum absolute atomic E-state index is 14.0. The number of β-amino-alcohol motifs (C(OH)–C–C–N with tert-alkyl or cyclic N) is 1. The smallest absolute Gasteiger partial charge is 0.229 e. The van der Waals surface area contributed by atoms with Gasteiger partial charge in [-0.25, -0.2) is 8.78 Å². The van der Waals surface area contributed by atoms with Crippen LogP contribution in [0.1, 0.15) is 31.4 Å². The molecule has 1 saturated heterocycles. The number of ether oxygens (including phenoxy) is 1. The first-order valence-electron chi connectivity index (χ1n) is 7.56. The Kier molecular flexibility index (Phi) is 4.14. The van der Waals surface area contributed by atoms with Gasteiger partial charge in [-0.15, -0.1) is 0 Å². The zero-order chi connectivity index (χ0) is 15.9. The first-order valence-corrected chi connectivity index (χ1v) is 7.56. The van der Waals surface area contributed by atoms with Gasteiger partial charge in [0.25, 0.3) is 0 Å². The summed E-state index contributed by atoms with van der Waals surface area (Å²) in [7, 11) is 0. The third kappa shape index (κ3) is 2.85. The van der Waals surface area contributed by atoms with Crippen molar-refractivity contribution in [3.8, 4) is 0 Å². The number of amides is 1. The lowest BCUT2D eigenvalue weighted by Gasteiger charge is -2.25. The van der Waals surface area contributed by atoms with Crippen molar-refractivity contribution in [1.82, 2.24) is 4.90 Å². The van der Waals surface area contributed by atoms with Crippen molar-refractivity contribution in [3.05, 3.63) is 35.4 Å². The second-order valence-electron chi connectivity index (χ2n) is 5.90. The highest BCUT2D eigenvalue weighted by molar-refractivity contribution is 5.83. The lowest BCUT2D eigenvalue weighted by Crippen LogP contribution is -2.34. The summed E-state index contributed by atoms with van der Waals surface area (Å²) < 4.78 is 32.8. The van der Waals surface area contributed by atoms with Gasteiger partial charge in [0.1, 0.15) is 11.6 Å². The number of rotatable bonds is 4. The van der Waals surface area contributed by atoms with E-state index in [1.54, 1.807) is 0 Å². The van der Waals surface area contributed by atoms with Gasteiger partial charge in [0.05, 0.1) is 24.2 Å². The van der Waals surface area contributed by atoms with Crippen LogP contribution in [0.25, 0.3) is 0 Å². The molecular formula is C16H19F2NO3. The largest absolute Gasteiger partial charge is 0.391 e. The number of likely N-dealkylation sites (tertiary alicyclic amines) is 1. The van der Waals surface area contributed by atoms with Crippen molar-refractivity contribution < 1.29 is 23.4 Å². The lowest BCUT2D eigenvalue weighted by atomic mass is 10.0. The summed E-state index contributed by atoms with van der Waals surface area (Å²) in [5, 5.41) is 9.87. The number of benzene rings is 1. The van der Waals surface area contributed by atoms with Crippen LogP contribution >= 0.6 is 0 Å². The quantitative estimate of drug-likeness (QED) is 0.925. The average Bonchev–Trinajstić information content (AvgIpc) is 3.14. The summed E-state index contributed by atoms with van der Waals surface area (Å²) in [4.78, 5) is 14.0. The Morgan fingerprint density at radius 1 is 1.41 bits per heavy atom. The van der Waals surface area contributed by atoms with Crippen LogP contribution in [0.15, 0.2) is 18.2 Å². The number of carbonyl (C=O) groups is 1. The van der Waals surface area contributed by atoms with Crippen LogP contribution in [0.2, 0.25) is 0 Å². The number of aliphatic hydroxyl groups excluding tert-OH is 1. The molecule has 1 amide bonds. The van der Waals surface area contributed by atoms with E-state index in [1.807, 2.05) is 6.92 Å². The van der Waals surface area contributed by atoms with Gasteiger partial charge in [-0.1, -0.05) is 0 Å². The minimum atomic E-state index is -0.721. The van der Waals surface area contributed by atoms with Gasteiger partial charge in [-0.05, 0) is 38.0 Å². The minimum Gasteiger partial charge on any atom is -0.391 e. The summed E-state index contributed by atoms with van der Waals surface area (Å²) in [6.45, 7) is 2.55. The van der Waals surface area contributed by atoms with Crippen molar-refractivity contribution in [2.24, 2.45) is 5.92 Å². The molecule has 4 unspecified atom stereocenters. The summed E-state index contributed by atoms with van der Waals surface area (Å²) in [5.74, 6) is -1.49. The fourth-order valence-electron chi connectivity index (χ4n) is 3.16. The molecule has 1 aromatic rings. The van der Waals surface area contributed by atoms with Crippen molar-refractivity contribution in [2.75, 3.05) is 13.2 Å². The Morgan fingerprint density at radius 3 is 2.91 bits per heavy atom. The summed E-state index contributed by atoms with van der Waals surface area (Å²) in [6.07, 6.45) is 0.0598. The molecule has 1 aliphatic heterocycles. The molecule has 1 saturated carbocycles. The van der Waals surface area contributed by atoms with Crippen LogP contribution in [0, 0.1) is 17.6 Å². The molecule has 4 nitrogen and oxygen atoms in total. The molecule has 22 heavy (non-hydrogen) atoms. The first kappa shape index (κ1) is 15.4. The van der Waals surface area contributed by atoms with Crippen LogP contribution in [-0.4, -0.2) is 41.3 Å². The molecule has 120 valence electrons. The molecule has 1 heterocycles. The van der Waals surface area contributed by atoms with E-state index in [-0.39, 0.29) is 36.5 Å². The van der Waals surface area contributed by atoms with Gasteiger partial charge in [0, 0.05) is 18.7 Å². The molecule has 2 aliphatic rings. The number of nitrogens with zero attached hydrogens (tertiary/aromatic N) is 1. The maximum atomic E-state index is 14.0. The molecule has 2 fully saturated rings. The van der Waals surface area contributed by atoms with Crippen molar-refractivity contribution in [3.63, 3.8) is 0 Å². The average molecular weight is 311 g/mol. The highest BCUT2D eigenvalue weighted by Crippen LogP contribution is 2.41. The van der Waals surface area contributed by atoms with E-state index in [0.29, 0.717) is 13.0 Å². The maximum Gasteiger partial charge on any atom is 0.229 e. The Bertz CT molecular complexity index is 581.